The Kier molecular flexibility index (Phi) is 6.64. The lowest BCUT2D eigenvalue weighted by molar-refractivity contribution is -0.0790. The van der Waals surface area contributed by atoms with Gasteiger partial charge in [0.2, 0.25) is 0 Å². The van der Waals surface area contributed by atoms with Crippen LogP contribution in [0.25, 0.3) is 6.08 Å². The second-order valence-electron chi connectivity index (χ2n) is 6.49. The summed E-state index contributed by atoms with van der Waals surface area (Å²) in [6.07, 6.45) is 7.31. The van der Waals surface area contributed by atoms with Gasteiger partial charge in [0.15, 0.2) is 0 Å². The summed E-state index contributed by atoms with van der Waals surface area (Å²) in [6.45, 7) is 2.12. The van der Waals surface area contributed by atoms with Gasteiger partial charge >= 0.3 is 6.18 Å². The monoisotopic (exact) mass is 340 g/mol. The molecule has 1 saturated carbocycles. The van der Waals surface area contributed by atoms with Gasteiger partial charge in [0.05, 0.1) is 0 Å². The fourth-order valence-corrected chi connectivity index (χ4v) is 3.30. The topological polar surface area (TPSA) is 0 Å². The van der Waals surface area contributed by atoms with Crippen LogP contribution in [0.2, 0.25) is 0 Å². The van der Waals surface area contributed by atoms with Crippen LogP contribution in [0.3, 0.4) is 0 Å². The highest BCUT2D eigenvalue weighted by molar-refractivity contribution is 5.51. The maximum Gasteiger partial charge on any atom is 0.409 e. The van der Waals surface area contributed by atoms with Crippen LogP contribution < -0.4 is 0 Å². The molecule has 0 bridgehead atoms. The molecule has 0 spiro atoms. The molecule has 0 amide bonds. The Morgan fingerprint density at radius 3 is 2.38 bits per heavy atom. The minimum absolute atomic E-state index is 0.0190. The minimum atomic E-state index is -4.42. The molecule has 132 valence electrons. The lowest BCUT2D eigenvalue weighted by Crippen LogP contribution is -2.13. The van der Waals surface area contributed by atoms with Gasteiger partial charge in [-0.05, 0) is 68.1 Å². The van der Waals surface area contributed by atoms with Crippen molar-refractivity contribution in [3.8, 4) is 0 Å². The van der Waals surface area contributed by atoms with Gasteiger partial charge in [-0.3, -0.25) is 0 Å². The van der Waals surface area contributed by atoms with E-state index in [2.05, 4.69) is 19.1 Å². The van der Waals surface area contributed by atoms with E-state index in [9.17, 15) is 17.6 Å². The molecular weight excluding hydrogens is 316 g/mol. The predicted molar refractivity (Wildman–Crippen MR) is 90.2 cm³/mol. The number of benzene rings is 1. The molecule has 24 heavy (non-hydrogen) atoms. The van der Waals surface area contributed by atoms with Gasteiger partial charge in [0, 0.05) is 11.6 Å². The Hall–Kier alpha value is -1.58. The maximum atomic E-state index is 14.0. The first kappa shape index (κ1) is 18.8. The number of rotatable bonds is 5. The van der Waals surface area contributed by atoms with Crippen molar-refractivity contribution in [3.63, 3.8) is 0 Å². The van der Waals surface area contributed by atoms with E-state index in [1.807, 2.05) is 0 Å². The van der Waals surface area contributed by atoms with Crippen LogP contribution in [0, 0.1) is 11.7 Å². The molecule has 0 saturated heterocycles. The van der Waals surface area contributed by atoms with Crippen LogP contribution in [0.4, 0.5) is 17.6 Å². The van der Waals surface area contributed by atoms with E-state index in [1.165, 1.54) is 12.1 Å². The molecule has 1 aromatic rings. The molecule has 0 N–H and O–H groups in total. The predicted octanol–water partition coefficient (Wildman–Crippen LogP) is 7.03. The average Bonchev–Trinajstić information content (AvgIpc) is 2.54. The van der Waals surface area contributed by atoms with Crippen molar-refractivity contribution in [2.45, 2.75) is 57.5 Å². The molecule has 0 nitrogen and oxygen atoms in total. The summed E-state index contributed by atoms with van der Waals surface area (Å²) in [5.41, 5.74) is 0.883. The van der Waals surface area contributed by atoms with Crippen LogP contribution in [-0.2, 0) is 0 Å². The van der Waals surface area contributed by atoms with E-state index in [0.29, 0.717) is 11.8 Å². The second-order valence-corrected chi connectivity index (χ2v) is 6.49. The fourth-order valence-electron chi connectivity index (χ4n) is 3.30. The summed E-state index contributed by atoms with van der Waals surface area (Å²) < 4.78 is 50.6. The molecule has 0 aliphatic heterocycles. The zero-order valence-corrected chi connectivity index (χ0v) is 14.0. The van der Waals surface area contributed by atoms with Crippen molar-refractivity contribution in [1.82, 2.24) is 0 Å². The molecule has 0 atom stereocenters. The van der Waals surface area contributed by atoms with Crippen molar-refractivity contribution in [1.29, 1.82) is 0 Å². The van der Waals surface area contributed by atoms with Gasteiger partial charge < -0.3 is 0 Å². The lowest BCUT2D eigenvalue weighted by atomic mass is 9.77. The summed E-state index contributed by atoms with van der Waals surface area (Å²) in [7, 11) is 0. The van der Waals surface area contributed by atoms with Crippen LogP contribution in [-0.4, -0.2) is 6.18 Å². The van der Waals surface area contributed by atoms with E-state index in [4.69, 9.17) is 0 Å². The molecule has 0 unspecified atom stereocenters. The maximum absolute atomic E-state index is 14.0. The number of alkyl halides is 3. The van der Waals surface area contributed by atoms with Gasteiger partial charge in [-0.2, -0.15) is 13.2 Å². The Balaban J connectivity index is 1.95. The SMILES string of the molecule is CC/C=C\CC1CCC(c2ccc(/C=C\C(F)(F)F)c(F)c2)CC1. The molecule has 1 aliphatic rings. The molecule has 1 fully saturated rings. The van der Waals surface area contributed by atoms with E-state index in [-0.39, 0.29) is 11.6 Å². The smallest absolute Gasteiger partial charge is 0.206 e. The van der Waals surface area contributed by atoms with Crippen LogP contribution in [0.1, 0.15) is 62.5 Å². The van der Waals surface area contributed by atoms with Crippen molar-refractivity contribution in [3.05, 3.63) is 53.4 Å². The van der Waals surface area contributed by atoms with Crippen molar-refractivity contribution in [2.24, 2.45) is 5.92 Å². The largest absolute Gasteiger partial charge is 0.409 e. The van der Waals surface area contributed by atoms with Crippen molar-refractivity contribution >= 4 is 6.08 Å². The van der Waals surface area contributed by atoms with E-state index in [0.717, 1.165) is 50.2 Å². The van der Waals surface area contributed by atoms with Crippen molar-refractivity contribution in [2.75, 3.05) is 0 Å². The van der Waals surface area contributed by atoms with E-state index < -0.39 is 12.0 Å². The summed E-state index contributed by atoms with van der Waals surface area (Å²) in [5.74, 6) is 0.426. The summed E-state index contributed by atoms with van der Waals surface area (Å²) in [4.78, 5) is 0. The lowest BCUT2D eigenvalue weighted by Gasteiger charge is -2.28. The first-order chi connectivity index (χ1) is 11.4. The molecule has 4 heteroatoms. The third-order valence-corrected chi connectivity index (χ3v) is 4.67. The zero-order chi connectivity index (χ0) is 17.6. The molecule has 1 aromatic carbocycles. The average molecular weight is 340 g/mol. The number of allylic oxidation sites excluding steroid dienone is 3. The molecule has 0 radical (unpaired) electrons. The van der Waals surface area contributed by atoms with Crippen LogP contribution >= 0.6 is 0 Å². The second kappa shape index (κ2) is 8.50. The highest BCUT2D eigenvalue weighted by atomic mass is 19.4. The zero-order valence-electron chi connectivity index (χ0n) is 14.0. The van der Waals surface area contributed by atoms with Crippen LogP contribution in [0.15, 0.2) is 36.4 Å². The Bertz CT molecular complexity index is 576. The highest BCUT2D eigenvalue weighted by Gasteiger charge is 2.23. The molecule has 0 aromatic heterocycles. The van der Waals surface area contributed by atoms with Crippen LogP contribution in [0.5, 0.6) is 0 Å². The molecule has 2 rings (SSSR count). The summed E-state index contributed by atoms with van der Waals surface area (Å²) in [5, 5.41) is 0. The Morgan fingerprint density at radius 2 is 1.79 bits per heavy atom. The Morgan fingerprint density at radius 1 is 1.08 bits per heavy atom. The highest BCUT2D eigenvalue weighted by Crippen LogP contribution is 2.37. The number of hydrogen-bond donors (Lipinski definition) is 0. The van der Waals surface area contributed by atoms with Gasteiger partial charge in [-0.25, -0.2) is 4.39 Å². The first-order valence-corrected chi connectivity index (χ1v) is 8.59. The number of halogens is 4. The third kappa shape index (κ3) is 5.81. The Labute approximate surface area is 141 Å². The van der Waals surface area contributed by atoms with E-state index in [1.54, 1.807) is 6.07 Å². The molecule has 0 heterocycles. The normalized spacial score (nSPS) is 22.5. The quantitative estimate of drug-likeness (QED) is 0.398. The minimum Gasteiger partial charge on any atom is -0.206 e. The van der Waals surface area contributed by atoms with Gasteiger partial charge in [-0.1, -0.05) is 31.2 Å². The van der Waals surface area contributed by atoms with Crippen molar-refractivity contribution < 1.29 is 17.6 Å². The third-order valence-electron chi connectivity index (χ3n) is 4.67. The first-order valence-electron chi connectivity index (χ1n) is 8.59. The summed E-state index contributed by atoms with van der Waals surface area (Å²) >= 11 is 0. The standard InChI is InChI=1S/C20H24F4/c1-2-3-4-5-15-6-8-16(9-7-15)18-11-10-17(19(21)14-18)12-13-20(22,23)24/h3-4,10-16H,2,5-9H2,1H3/b4-3-,13-12-. The fraction of sp³-hybridized carbons (Fsp3) is 0.500. The molecule has 1 aliphatic carbocycles. The van der Waals surface area contributed by atoms with Gasteiger partial charge in [-0.15, -0.1) is 0 Å². The van der Waals surface area contributed by atoms with E-state index >= 15 is 0 Å². The van der Waals surface area contributed by atoms with Gasteiger partial charge in [0.25, 0.3) is 0 Å². The van der Waals surface area contributed by atoms with Gasteiger partial charge in [0.1, 0.15) is 5.82 Å². The molecular formula is C20H24F4. The summed E-state index contributed by atoms with van der Waals surface area (Å²) in [6, 6.07) is 4.61. The number of hydrogen-bond acceptors (Lipinski definition) is 0.